The van der Waals surface area contributed by atoms with Crippen LogP contribution in [0.2, 0.25) is 0 Å². The van der Waals surface area contributed by atoms with Gasteiger partial charge < -0.3 is 13.3 Å². The number of benzene rings is 6. The van der Waals surface area contributed by atoms with Crippen molar-refractivity contribution in [2.75, 3.05) is 0 Å². The second kappa shape index (κ2) is 6.80. The van der Waals surface area contributed by atoms with Gasteiger partial charge in [0.1, 0.15) is 27.9 Å². The largest absolute Gasteiger partial charge is 0.464 e. The van der Waals surface area contributed by atoms with Crippen molar-refractivity contribution in [2.24, 2.45) is 0 Å². The summed E-state index contributed by atoms with van der Waals surface area (Å²) in [5, 5.41) is 10.2. The van der Waals surface area contributed by atoms with E-state index in [2.05, 4.69) is 72.8 Å². The Morgan fingerprint density at radius 2 is 1.19 bits per heavy atom. The predicted molar refractivity (Wildman–Crippen MR) is 151 cm³/mol. The van der Waals surface area contributed by atoms with E-state index >= 15 is 0 Å². The highest BCUT2D eigenvalue weighted by atomic mass is 16.3. The topological polar surface area (TPSA) is 39.4 Å². The van der Waals surface area contributed by atoms with E-state index in [1.807, 2.05) is 30.3 Å². The van der Waals surface area contributed by atoms with Crippen LogP contribution in [0.3, 0.4) is 0 Å². The zero-order chi connectivity index (χ0) is 24.1. The molecule has 0 fully saturated rings. The Morgan fingerprint density at radius 3 is 2.08 bits per heavy atom. The molecular formula is C34H18O3. The molecule has 6 aromatic carbocycles. The fraction of sp³-hybridized carbons (Fsp3) is 0. The molecule has 3 nitrogen and oxygen atoms in total. The third-order valence-corrected chi connectivity index (χ3v) is 7.72. The Labute approximate surface area is 210 Å². The molecular weight excluding hydrogens is 456 g/mol. The third kappa shape index (κ3) is 2.55. The molecule has 0 spiro atoms. The van der Waals surface area contributed by atoms with Crippen LogP contribution in [0.5, 0.6) is 0 Å². The van der Waals surface area contributed by atoms with Crippen LogP contribution in [0, 0.1) is 0 Å². The van der Waals surface area contributed by atoms with Gasteiger partial charge in [0.15, 0.2) is 0 Å². The van der Waals surface area contributed by atoms with Crippen LogP contribution in [-0.2, 0) is 0 Å². The minimum Gasteiger partial charge on any atom is -0.464 e. The van der Waals surface area contributed by atoms with Gasteiger partial charge in [-0.2, -0.15) is 0 Å². The molecule has 0 saturated carbocycles. The van der Waals surface area contributed by atoms with E-state index < -0.39 is 0 Å². The molecule has 3 heterocycles. The molecule has 0 N–H and O–H groups in total. The quantitative estimate of drug-likeness (QED) is 0.222. The smallest absolute Gasteiger partial charge is 0.143 e. The average Bonchev–Trinajstić information content (AvgIpc) is 3.65. The molecule has 9 aromatic rings. The molecule has 0 bridgehead atoms. The van der Waals surface area contributed by atoms with Gasteiger partial charge in [-0.25, -0.2) is 0 Å². The van der Waals surface area contributed by atoms with Crippen LogP contribution >= 0.6 is 0 Å². The second-order valence-electron chi connectivity index (χ2n) is 9.73. The zero-order valence-corrected chi connectivity index (χ0v) is 19.6. The van der Waals surface area contributed by atoms with Crippen molar-refractivity contribution < 1.29 is 13.3 Å². The van der Waals surface area contributed by atoms with Crippen LogP contribution < -0.4 is 0 Å². The summed E-state index contributed by atoms with van der Waals surface area (Å²) in [5.41, 5.74) is 6.80. The van der Waals surface area contributed by atoms with Crippen molar-refractivity contribution in [3.8, 4) is 11.1 Å². The molecule has 0 aliphatic carbocycles. The maximum atomic E-state index is 6.54. The van der Waals surface area contributed by atoms with Gasteiger partial charge in [-0.1, -0.05) is 48.5 Å². The summed E-state index contributed by atoms with van der Waals surface area (Å²) in [6, 6.07) is 36.0. The molecule has 172 valence electrons. The van der Waals surface area contributed by atoms with Crippen molar-refractivity contribution in [3.05, 3.63) is 109 Å². The van der Waals surface area contributed by atoms with E-state index in [-0.39, 0.29) is 0 Å². The van der Waals surface area contributed by atoms with Crippen molar-refractivity contribution in [1.82, 2.24) is 0 Å². The summed E-state index contributed by atoms with van der Waals surface area (Å²) in [6.45, 7) is 0. The maximum Gasteiger partial charge on any atom is 0.143 e. The SMILES string of the molecule is c1ccc2c(c1)oc1ccc(-c3cc4cc5occc5cc4c4c3ccc3c5ccccc5oc34)cc12. The fourth-order valence-electron chi connectivity index (χ4n) is 6.01. The highest BCUT2D eigenvalue weighted by Crippen LogP contribution is 2.43. The van der Waals surface area contributed by atoms with Crippen molar-refractivity contribution >= 4 is 76.4 Å². The van der Waals surface area contributed by atoms with Crippen LogP contribution in [0.25, 0.3) is 87.5 Å². The minimum atomic E-state index is 0.880. The van der Waals surface area contributed by atoms with Crippen LogP contribution in [-0.4, -0.2) is 0 Å². The molecule has 37 heavy (non-hydrogen) atoms. The lowest BCUT2D eigenvalue weighted by atomic mass is 9.91. The molecule has 3 heteroatoms. The van der Waals surface area contributed by atoms with Gasteiger partial charge in [-0.3, -0.25) is 0 Å². The van der Waals surface area contributed by atoms with E-state index in [0.29, 0.717) is 0 Å². The first kappa shape index (κ1) is 19.2. The van der Waals surface area contributed by atoms with Crippen LogP contribution in [0.4, 0.5) is 0 Å². The molecule has 0 amide bonds. The Hall–Kier alpha value is -5.02. The maximum absolute atomic E-state index is 6.54. The Kier molecular flexibility index (Phi) is 3.53. The van der Waals surface area contributed by atoms with Gasteiger partial charge in [0, 0.05) is 32.3 Å². The third-order valence-electron chi connectivity index (χ3n) is 7.72. The van der Waals surface area contributed by atoms with E-state index in [0.717, 1.165) is 87.5 Å². The van der Waals surface area contributed by atoms with E-state index in [1.54, 1.807) is 6.26 Å². The van der Waals surface area contributed by atoms with Crippen molar-refractivity contribution in [2.45, 2.75) is 0 Å². The first-order chi connectivity index (χ1) is 18.3. The Bertz CT molecular complexity index is 2360. The van der Waals surface area contributed by atoms with E-state index in [1.165, 1.54) is 0 Å². The van der Waals surface area contributed by atoms with E-state index in [9.17, 15) is 0 Å². The monoisotopic (exact) mass is 474 g/mol. The molecule has 0 aliphatic heterocycles. The standard InChI is InChI=1S/C34H18O3/c1-4-8-30-22(5-1)25-11-10-24-26(19-9-12-31-28(15-19)23-6-2-3-7-29(23)36-31)17-21-18-32-20(13-14-35-32)16-27(21)33(24)34(25)37-30/h1-18H. The summed E-state index contributed by atoms with van der Waals surface area (Å²) >= 11 is 0. The summed E-state index contributed by atoms with van der Waals surface area (Å²) in [4.78, 5) is 0. The van der Waals surface area contributed by atoms with Crippen LogP contribution in [0.15, 0.2) is 123 Å². The molecule has 9 rings (SSSR count). The number of furan rings is 3. The summed E-state index contributed by atoms with van der Waals surface area (Å²) in [5.74, 6) is 0. The molecule has 3 aromatic heterocycles. The Morgan fingerprint density at radius 1 is 0.432 bits per heavy atom. The molecule has 0 aliphatic rings. The summed E-state index contributed by atoms with van der Waals surface area (Å²) < 4.78 is 18.4. The number of rotatable bonds is 1. The normalized spacial score (nSPS) is 12.3. The van der Waals surface area contributed by atoms with Gasteiger partial charge >= 0.3 is 0 Å². The van der Waals surface area contributed by atoms with E-state index in [4.69, 9.17) is 13.3 Å². The van der Waals surface area contributed by atoms with Gasteiger partial charge in [0.2, 0.25) is 0 Å². The summed E-state index contributed by atoms with van der Waals surface area (Å²) in [6.07, 6.45) is 1.75. The molecule has 0 atom stereocenters. The van der Waals surface area contributed by atoms with Gasteiger partial charge in [-0.05, 0) is 81.9 Å². The lowest BCUT2D eigenvalue weighted by Crippen LogP contribution is -1.86. The minimum absolute atomic E-state index is 0.880. The predicted octanol–water partition coefficient (Wildman–Crippen LogP) is 10.2. The van der Waals surface area contributed by atoms with Crippen LogP contribution in [0.1, 0.15) is 0 Å². The number of hydrogen-bond acceptors (Lipinski definition) is 3. The van der Waals surface area contributed by atoms with Crippen molar-refractivity contribution in [1.29, 1.82) is 0 Å². The molecule has 0 radical (unpaired) electrons. The van der Waals surface area contributed by atoms with Gasteiger partial charge in [0.05, 0.1) is 6.26 Å². The summed E-state index contributed by atoms with van der Waals surface area (Å²) in [7, 11) is 0. The second-order valence-corrected chi connectivity index (χ2v) is 9.73. The number of hydrogen-bond donors (Lipinski definition) is 0. The fourth-order valence-corrected chi connectivity index (χ4v) is 6.01. The van der Waals surface area contributed by atoms with Gasteiger partial charge in [-0.15, -0.1) is 0 Å². The average molecular weight is 475 g/mol. The van der Waals surface area contributed by atoms with Gasteiger partial charge in [0.25, 0.3) is 0 Å². The first-order valence-corrected chi connectivity index (χ1v) is 12.4. The first-order valence-electron chi connectivity index (χ1n) is 12.4. The molecule has 0 saturated heterocycles. The lowest BCUT2D eigenvalue weighted by molar-refractivity contribution is 0.616. The lowest BCUT2D eigenvalue weighted by Gasteiger charge is -2.12. The highest BCUT2D eigenvalue weighted by Gasteiger charge is 2.18. The number of para-hydroxylation sites is 2. The Balaban J connectivity index is 1.47. The highest BCUT2D eigenvalue weighted by molar-refractivity contribution is 6.27. The van der Waals surface area contributed by atoms with Crippen molar-refractivity contribution in [3.63, 3.8) is 0 Å². The zero-order valence-electron chi connectivity index (χ0n) is 19.6. The number of fused-ring (bicyclic) bond motifs is 11. The molecule has 0 unspecified atom stereocenters.